The van der Waals surface area contributed by atoms with Crippen LogP contribution in [0, 0.1) is 5.92 Å². The van der Waals surface area contributed by atoms with Crippen molar-refractivity contribution in [3.05, 3.63) is 96.1 Å². The quantitative estimate of drug-likeness (QED) is 0.383. The van der Waals surface area contributed by atoms with Crippen LogP contribution < -0.4 is 5.32 Å². The maximum atomic E-state index is 13.0. The van der Waals surface area contributed by atoms with Gasteiger partial charge in [-0.2, -0.15) is 0 Å². The van der Waals surface area contributed by atoms with Gasteiger partial charge in [0.15, 0.2) is 5.69 Å². The van der Waals surface area contributed by atoms with Gasteiger partial charge in [-0.05, 0) is 57.1 Å². The van der Waals surface area contributed by atoms with Gasteiger partial charge < -0.3 is 14.8 Å². The largest absolute Gasteiger partial charge is 0.455 e. The first-order chi connectivity index (χ1) is 17.2. The monoisotopic (exact) mass is 489 g/mol. The summed E-state index contributed by atoms with van der Waals surface area (Å²) < 4.78 is 11.5. The SMILES string of the molecule is C[C@H](Cc1ccccc1)C[C@H](OC(=O)c1cnccn1)[C@H](Cc1ccccc1)NC(=O)OC(C)(C)C. The van der Waals surface area contributed by atoms with Crippen molar-refractivity contribution in [2.45, 2.75) is 64.7 Å². The summed E-state index contributed by atoms with van der Waals surface area (Å²) in [5, 5.41) is 2.97. The molecule has 0 bridgehead atoms. The summed E-state index contributed by atoms with van der Waals surface area (Å²) >= 11 is 0. The van der Waals surface area contributed by atoms with E-state index in [1.807, 2.05) is 69.3 Å². The van der Waals surface area contributed by atoms with Crippen LogP contribution in [0.25, 0.3) is 0 Å². The van der Waals surface area contributed by atoms with Gasteiger partial charge in [-0.15, -0.1) is 0 Å². The van der Waals surface area contributed by atoms with E-state index >= 15 is 0 Å². The van der Waals surface area contributed by atoms with Crippen molar-refractivity contribution in [2.75, 3.05) is 0 Å². The fourth-order valence-corrected chi connectivity index (χ4v) is 4.00. The van der Waals surface area contributed by atoms with Gasteiger partial charge in [-0.1, -0.05) is 67.6 Å². The maximum absolute atomic E-state index is 13.0. The minimum absolute atomic E-state index is 0.119. The van der Waals surface area contributed by atoms with Crippen molar-refractivity contribution in [3.63, 3.8) is 0 Å². The van der Waals surface area contributed by atoms with Crippen LogP contribution in [0.4, 0.5) is 4.79 Å². The Morgan fingerprint density at radius 3 is 2.08 bits per heavy atom. The highest BCUT2D eigenvalue weighted by molar-refractivity contribution is 5.86. The highest BCUT2D eigenvalue weighted by Crippen LogP contribution is 2.21. The third-order valence-corrected chi connectivity index (χ3v) is 5.54. The minimum Gasteiger partial charge on any atom is -0.455 e. The molecule has 7 heteroatoms. The summed E-state index contributed by atoms with van der Waals surface area (Å²) in [6, 6.07) is 19.4. The number of amides is 1. The Labute approximate surface area is 213 Å². The summed E-state index contributed by atoms with van der Waals surface area (Å²) in [5.41, 5.74) is 1.67. The minimum atomic E-state index is -0.659. The van der Waals surface area contributed by atoms with Crippen LogP contribution in [0.5, 0.6) is 0 Å². The lowest BCUT2D eigenvalue weighted by Gasteiger charge is -2.31. The second kappa shape index (κ2) is 12.8. The number of carbonyl (C=O) groups excluding carboxylic acids is 2. The zero-order chi connectivity index (χ0) is 26.0. The molecule has 1 aromatic heterocycles. The van der Waals surface area contributed by atoms with Crippen LogP contribution >= 0.6 is 0 Å². The predicted molar refractivity (Wildman–Crippen MR) is 138 cm³/mol. The first kappa shape index (κ1) is 26.9. The van der Waals surface area contributed by atoms with Crippen molar-refractivity contribution >= 4 is 12.1 Å². The lowest BCUT2D eigenvalue weighted by atomic mass is 9.90. The Bertz CT molecular complexity index is 1090. The highest BCUT2D eigenvalue weighted by atomic mass is 16.6. The molecule has 3 aromatic rings. The number of nitrogens with zero attached hydrogens (tertiary/aromatic N) is 2. The average molecular weight is 490 g/mol. The summed E-state index contributed by atoms with van der Waals surface area (Å²) in [7, 11) is 0. The Balaban J connectivity index is 1.86. The molecule has 1 amide bonds. The molecule has 0 spiro atoms. The number of carbonyl (C=O) groups is 2. The van der Waals surface area contributed by atoms with E-state index < -0.39 is 29.8 Å². The molecule has 3 rings (SSSR count). The lowest BCUT2D eigenvalue weighted by Crippen LogP contribution is -2.49. The summed E-state index contributed by atoms with van der Waals surface area (Å²) in [6.45, 7) is 7.55. The predicted octanol–water partition coefficient (Wildman–Crippen LogP) is 5.41. The van der Waals surface area contributed by atoms with Crippen LogP contribution in [-0.4, -0.2) is 39.8 Å². The fourth-order valence-electron chi connectivity index (χ4n) is 4.00. The van der Waals surface area contributed by atoms with E-state index in [0.717, 1.165) is 12.0 Å². The van der Waals surface area contributed by atoms with E-state index in [0.29, 0.717) is 12.8 Å². The van der Waals surface area contributed by atoms with Crippen LogP contribution in [0.3, 0.4) is 0 Å². The molecule has 190 valence electrons. The van der Waals surface area contributed by atoms with E-state index in [-0.39, 0.29) is 11.6 Å². The number of esters is 1. The number of ether oxygens (including phenoxy) is 2. The average Bonchev–Trinajstić information content (AvgIpc) is 2.84. The van der Waals surface area contributed by atoms with Gasteiger partial charge >= 0.3 is 12.1 Å². The summed E-state index contributed by atoms with van der Waals surface area (Å²) in [6.07, 6.45) is 4.96. The van der Waals surface area contributed by atoms with E-state index in [4.69, 9.17) is 9.47 Å². The van der Waals surface area contributed by atoms with Crippen LogP contribution in [0.15, 0.2) is 79.3 Å². The van der Waals surface area contributed by atoms with Gasteiger partial charge in [0.05, 0.1) is 12.2 Å². The molecule has 0 radical (unpaired) electrons. The lowest BCUT2D eigenvalue weighted by molar-refractivity contribution is 0.00729. The first-order valence-electron chi connectivity index (χ1n) is 12.2. The highest BCUT2D eigenvalue weighted by Gasteiger charge is 2.31. The molecule has 7 nitrogen and oxygen atoms in total. The number of nitrogens with one attached hydrogen (secondary N) is 1. The van der Waals surface area contributed by atoms with Crippen LogP contribution in [-0.2, 0) is 22.3 Å². The Kier molecular flexibility index (Phi) is 9.56. The third-order valence-electron chi connectivity index (χ3n) is 5.54. The number of aromatic nitrogens is 2. The van der Waals surface area contributed by atoms with E-state index in [1.165, 1.54) is 24.2 Å². The molecule has 0 unspecified atom stereocenters. The molecule has 1 heterocycles. The zero-order valence-electron chi connectivity index (χ0n) is 21.4. The van der Waals surface area contributed by atoms with Gasteiger partial charge in [0.2, 0.25) is 0 Å². The van der Waals surface area contributed by atoms with E-state index in [1.54, 1.807) is 0 Å². The van der Waals surface area contributed by atoms with Crippen molar-refractivity contribution in [1.29, 1.82) is 0 Å². The molecule has 0 aliphatic heterocycles. The second-order valence-electron chi connectivity index (χ2n) is 10.0. The van der Waals surface area contributed by atoms with E-state index in [9.17, 15) is 9.59 Å². The Morgan fingerprint density at radius 1 is 0.917 bits per heavy atom. The van der Waals surface area contributed by atoms with E-state index in [2.05, 4.69) is 34.3 Å². The van der Waals surface area contributed by atoms with Crippen molar-refractivity contribution in [1.82, 2.24) is 15.3 Å². The topological polar surface area (TPSA) is 90.4 Å². The third kappa shape index (κ3) is 9.13. The molecule has 0 fully saturated rings. The van der Waals surface area contributed by atoms with Crippen molar-refractivity contribution in [3.8, 4) is 0 Å². The summed E-state index contributed by atoms with van der Waals surface area (Å²) in [5.74, 6) is -0.408. The number of hydrogen-bond acceptors (Lipinski definition) is 6. The molecule has 0 aliphatic rings. The standard InChI is InChI=1S/C29H35N3O4/c1-21(17-22-11-7-5-8-12-22)18-26(35-27(33)25-20-30-15-16-31-25)24(19-23-13-9-6-10-14-23)32-28(34)36-29(2,3)4/h5-16,20-21,24,26H,17-19H2,1-4H3,(H,32,34)/t21-,24+,26+/m1/s1. The number of hydrogen-bond donors (Lipinski definition) is 1. The van der Waals surface area contributed by atoms with Gasteiger partial charge in [0, 0.05) is 12.4 Å². The van der Waals surface area contributed by atoms with Gasteiger partial charge in [0.1, 0.15) is 11.7 Å². The molecule has 1 N–H and O–H groups in total. The number of rotatable bonds is 10. The molecule has 3 atom stereocenters. The maximum Gasteiger partial charge on any atom is 0.408 e. The molecular weight excluding hydrogens is 454 g/mol. The smallest absolute Gasteiger partial charge is 0.408 e. The zero-order valence-corrected chi connectivity index (χ0v) is 21.4. The number of benzene rings is 2. The van der Waals surface area contributed by atoms with Crippen LogP contribution in [0.2, 0.25) is 0 Å². The molecular formula is C29H35N3O4. The fraction of sp³-hybridized carbons (Fsp3) is 0.379. The Morgan fingerprint density at radius 2 is 1.53 bits per heavy atom. The number of alkyl carbamates (subject to hydrolysis) is 1. The molecule has 0 saturated heterocycles. The second-order valence-corrected chi connectivity index (χ2v) is 10.0. The summed E-state index contributed by atoms with van der Waals surface area (Å²) in [4.78, 5) is 33.9. The van der Waals surface area contributed by atoms with Crippen LogP contribution in [0.1, 0.15) is 55.7 Å². The van der Waals surface area contributed by atoms with Gasteiger partial charge in [-0.3, -0.25) is 4.98 Å². The molecule has 0 aliphatic carbocycles. The molecule has 0 saturated carbocycles. The molecule has 36 heavy (non-hydrogen) atoms. The van der Waals surface area contributed by atoms with Gasteiger partial charge in [-0.25, -0.2) is 14.6 Å². The molecule has 2 aromatic carbocycles. The Hall–Kier alpha value is -3.74. The van der Waals surface area contributed by atoms with Crippen molar-refractivity contribution < 1.29 is 19.1 Å². The van der Waals surface area contributed by atoms with Crippen molar-refractivity contribution in [2.24, 2.45) is 5.92 Å². The normalized spacial score (nSPS) is 13.8. The van der Waals surface area contributed by atoms with Gasteiger partial charge in [0.25, 0.3) is 0 Å². The first-order valence-corrected chi connectivity index (χ1v) is 12.2.